The molecule has 0 radical (unpaired) electrons. The highest BCUT2D eigenvalue weighted by atomic mass is 32.1. The number of carbonyl (C=O) groups is 2. The Morgan fingerprint density at radius 2 is 1.98 bits per heavy atom. The van der Waals surface area contributed by atoms with Crippen LogP contribution in [0.2, 0.25) is 0 Å². The van der Waals surface area contributed by atoms with E-state index in [0.717, 1.165) is 80.2 Å². The summed E-state index contributed by atoms with van der Waals surface area (Å²) in [5, 5.41) is 7.45. The number of fused-ring (bicyclic) bond motifs is 5. The predicted molar refractivity (Wildman–Crippen MR) is 159 cm³/mol. The molecule has 1 unspecified atom stereocenters. The van der Waals surface area contributed by atoms with Gasteiger partial charge in [0.15, 0.2) is 0 Å². The number of pyridine rings is 1. The number of thiophene rings is 1. The van der Waals surface area contributed by atoms with Crippen molar-refractivity contribution in [2.75, 3.05) is 32.5 Å². The zero-order chi connectivity index (χ0) is 28.5. The molecule has 4 aliphatic rings. The number of rotatable bonds is 4. The number of amides is 2. The minimum atomic E-state index is -0.643. The highest BCUT2D eigenvalue weighted by Crippen LogP contribution is 2.42. The van der Waals surface area contributed by atoms with Gasteiger partial charge >= 0.3 is 0 Å². The van der Waals surface area contributed by atoms with Crippen molar-refractivity contribution in [1.29, 1.82) is 0 Å². The zero-order valence-electron chi connectivity index (χ0n) is 24.0. The Morgan fingerprint density at radius 3 is 2.73 bits per heavy atom. The second-order valence-corrected chi connectivity index (χ2v) is 13.5. The lowest BCUT2D eigenvalue weighted by Crippen LogP contribution is -2.48. The molecule has 3 aromatic heterocycles. The fourth-order valence-electron chi connectivity index (χ4n) is 7.50. The van der Waals surface area contributed by atoms with Gasteiger partial charge in [-0.1, -0.05) is 6.42 Å². The first kappa shape index (κ1) is 26.6. The first-order valence-corrected chi connectivity index (χ1v) is 15.6. The van der Waals surface area contributed by atoms with Crippen molar-refractivity contribution in [1.82, 2.24) is 29.7 Å². The van der Waals surface area contributed by atoms with Crippen molar-refractivity contribution in [3.05, 3.63) is 44.4 Å². The molecule has 2 aliphatic heterocycles. The van der Waals surface area contributed by atoms with Crippen LogP contribution in [0.4, 0.5) is 11.5 Å². The number of hydrogen-bond acceptors (Lipinski definition) is 8. The van der Waals surface area contributed by atoms with Crippen LogP contribution in [-0.2, 0) is 23.3 Å². The average molecular weight is 576 g/mol. The number of anilines is 2. The molecular formula is C30H37N7O3S. The lowest BCUT2D eigenvalue weighted by Gasteiger charge is -2.35. The summed E-state index contributed by atoms with van der Waals surface area (Å²) in [6.07, 6.45) is 9.45. The summed E-state index contributed by atoms with van der Waals surface area (Å²) in [6.45, 7) is 3.52. The van der Waals surface area contributed by atoms with Gasteiger partial charge in [-0.2, -0.15) is 0 Å². The van der Waals surface area contributed by atoms with Gasteiger partial charge in [0.25, 0.3) is 11.5 Å². The molecule has 2 fully saturated rings. The molecule has 2 amide bonds. The van der Waals surface area contributed by atoms with E-state index in [1.54, 1.807) is 22.0 Å². The topological polar surface area (TPSA) is 112 Å². The van der Waals surface area contributed by atoms with Crippen LogP contribution in [-0.4, -0.2) is 69.4 Å². The number of nitrogens with zero attached hydrogens (tertiary/aromatic N) is 5. The minimum Gasteiger partial charge on any atom is -0.341 e. The Labute approximate surface area is 243 Å². The molecule has 3 aromatic rings. The van der Waals surface area contributed by atoms with Crippen molar-refractivity contribution in [2.24, 2.45) is 5.92 Å². The molecule has 2 N–H and O–H groups in total. The van der Waals surface area contributed by atoms with Gasteiger partial charge in [-0.05, 0) is 89.6 Å². The van der Waals surface area contributed by atoms with Crippen LogP contribution in [0.15, 0.2) is 17.2 Å². The molecule has 1 spiro atoms. The fourth-order valence-corrected chi connectivity index (χ4v) is 8.77. The van der Waals surface area contributed by atoms with Crippen molar-refractivity contribution in [3.63, 3.8) is 0 Å². The zero-order valence-corrected chi connectivity index (χ0v) is 24.8. The van der Waals surface area contributed by atoms with Crippen LogP contribution in [0.3, 0.4) is 0 Å². The Kier molecular flexibility index (Phi) is 6.42. The minimum absolute atomic E-state index is 0.0124. The SMILES string of the molecule is Cc1cc(Nc2ncnc3sc4c(c23)CC[C@H](C(=O)N2CCC(N(C)C)C2)C4)c(=O)n2c1C(=O)NC21CCCCC1. The van der Waals surface area contributed by atoms with Crippen molar-refractivity contribution in [2.45, 2.75) is 76.4 Å². The number of carbonyl (C=O) groups excluding carboxylic acids is 2. The van der Waals surface area contributed by atoms with Crippen LogP contribution >= 0.6 is 11.3 Å². The van der Waals surface area contributed by atoms with Gasteiger partial charge in [0, 0.05) is 29.9 Å². The molecule has 0 aromatic carbocycles. The molecule has 11 heteroatoms. The van der Waals surface area contributed by atoms with Gasteiger partial charge in [0.1, 0.15) is 34.0 Å². The van der Waals surface area contributed by atoms with E-state index in [-0.39, 0.29) is 23.3 Å². The number of aryl methyl sites for hydroxylation is 2. The van der Waals surface area contributed by atoms with Gasteiger partial charge in [0.05, 0.1) is 5.39 Å². The summed E-state index contributed by atoms with van der Waals surface area (Å²) in [5.41, 5.74) is 1.99. The van der Waals surface area contributed by atoms with E-state index in [9.17, 15) is 14.4 Å². The summed E-state index contributed by atoms with van der Waals surface area (Å²) >= 11 is 1.63. The van der Waals surface area contributed by atoms with Crippen LogP contribution in [0.25, 0.3) is 10.2 Å². The van der Waals surface area contributed by atoms with Crippen molar-refractivity contribution < 1.29 is 9.59 Å². The maximum Gasteiger partial charge on any atom is 0.276 e. The number of nitrogens with one attached hydrogen (secondary N) is 2. The molecule has 5 heterocycles. The highest BCUT2D eigenvalue weighted by molar-refractivity contribution is 7.19. The number of likely N-dealkylation sites (tertiary alicyclic amines) is 1. The Hall–Kier alpha value is -3.31. The third-order valence-corrected chi connectivity index (χ3v) is 10.9. The van der Waals surface area contributed by atoms with Gasteiger partial charge < -0.3 is 20.4 Å². The maximum absolute atomic E-state index is 13.9. The van der Waals surface area contributed by atoms with E-state index in [2.05, 4.69) is 39.6 Å². The molecule has 2 aliphatic carbocycles. The molecule has 7 rings (SSSR count). The first-order chi connectivity index (χ1) is 19.8. The Morgan fingerprint density at radius 1 is 1.17 bits per heavy atom. The standard InChI is InChI=1S/C30H37N7O3S/c1-17-13-21(29(40)37-24(17)26(38)34-30(37)10-5-4-6-11-30)33-25-23-20-8-7-18(14-22(20)41-27(23)32-16-31-25)28(39)36-12-9-19(15-36)35(2)3/h13,16,18-19H,4-12,14-15H2,1-3H3,(H,34,38)(H,31,32,33)/t18-,19?/m0/s1. The van der Waals surface area contributed by atoms with Gasteiger partial charge in [-0.3, -0.25) is 19.0 Å². The monoisotopic (exact) mass is 575 g/mol. The van der Waals surface area contributed by atoms with Gasteiger partial charge in [-0.15, -0.1) is 11.3 Å². The van der Waals surface area contributed by atoms with E-state index in [1.807, 2.05) is 11.8 Å². The molecule has 41 heavy (non-hydrogen) atoms. The molecule has 216 valence electrons. The third-order valence-electron chi connectivity index (χ3n) is 9.71. The highest BCUT2D eigenvalue weighted by Gasteiger charge is 2.45. The van der Waals surface area contributed by atoms with Gasteiger partial charge in [-0.25, -0.2) is 9.97 Å². The summed E-state index contributed by atoms with van der Waals surface area (Å²) in [7, 11) is 4.16. The van der Waals surface area contributed by atoms with E-state index < -0.39 is 5.66 Å². The normalized spacial score (nSPS) is 23.2. The number of aromatic nitrogens is 3. The summed E-state index contributed by atoms with van der Waals surface area (Å²) in [5.74, 6) is 0.696. The van der Waals surface area contributed by atoms with Crippen LogP contribution < -0.4 is 16.2 Å². The molecule has 1 saturated heterocycles. The maximum atomic E-state index is 13.9. The summed E-state index contributed by atoms with van der Waals surface area (Å²) in [6, 6.07) is 2.20. The van der Waals surface area contributed by atoms with Gasteiger partial charge in [0.2, 0.25) is 5.91 Å². The summed E-state index contributed by atoms with van der Waals surface area (Å²) in [4.78, 5) is 55.8. The van der Waals surface area contributed by atoms with E-state index in [1.165, 1.54) is 16.8 Å². The number of hydrogen-bond donors (Lipinski definition) is 2. The molecular weight excluding hydrogens is 538 g/mol. The second kappa shape index (κ2) is 9.90. The smallest absolute Gasteiger partial charge is 0.276 e. The average Bonchev–Trinajstić information content (AvgIpc) is 3.66. The lowest BCUT2D eigenvalue weighted by atomic mass is 9.87. The Balaban J connectivity index is 1.20. The van der Waals surface area contributed by atoms with Crippen LogP contribution in [0, 0.1) is 12.8 Å². The second-order valence-electron chi connectivity index (χ2n) is 12.4. The predicted octanol–water partition coefficient (Wildman–Crippen LogP) is 3.53. The summed E-state index contributed by atoms with van der Waals surface area (Å²) < 4.78 is 1.71. The lowest BCUT2D eigenvalue weighted by molar-refractivity contribution is -0.134. The van der Waals surface area contributed by atoms with E-state index in [4.69, 9.17) is 0 Å². The Bertz CT molecular complexity index is 1620. The molecule has 10 nitrogen and oxygen atoms in total. The quantitative estimate of drug-likeness (QED) is 0.490. The van der Waals surface area contributed by atoms with Crippen molar-refractivity contribution >= 4 is 44.9 Å². The molecule has 1 saturated carbocycles. The molecule has 2 atom stereocenters. The van der Waals surface area contributed by atoms with E-state index >= 15 is 0 Å². The van der Waals surface area contributed by atoms with Crippen molar-refractivity contribution in [3.8, 4) is 0 Å². The largest absolute Gasteiger partial charge is 0.341 e. The number of likely N-dealkylation sites (N-methyl/N-ethyl adjacent to an activating group) is 1. The van der Waals surface area contributed by atoms with Crippen LogP contribution in [0.1, 0.15) is 71.4 Å². The third kappa shape index (κ3) is 4.27. The molecule has 0 bridgehead atoms. The fraction of sp³-hybridized carbons (Fsp3) is 0.567. The first-order valence-electron chi connectivity index (χ1n) is 14.8. The van der Waals surface area contributed by atoms with E-state index in [0.29, 0.717) is 29.7 Å². The van der Waals surface area contributed by atoms with Crippen LogP contribution in [0.5, 0.6) is 0 Å².